The third-order valence-electron chi connectivity index (χ3n) is 3.85. The number of urea groups is 1. The molecule has 0 radical (unpaired) electrons. The molecule has 1 aliphatic rings. The predicted molar refractivity (Wildman–Crippen MR) is 78.5 cm³/mol. The van der Waals surface area contributed by atoms with Gasteiger partial charge < -0.3 is 20.5 Å². The monoisotopic (exact) mass is 292 g/mol. The zero-order valence-corrected chi connectivity index (χ0v) is 12.0. The summed E-state index contributed by atoms with van der Waals surface area (Å²) in [6.07, 6.45) is 2.45. The summed E-state index contributed by atoms with van der Waals surface area (Å²) in [5, 5.41) is 14.5. The number of carbonyl (C=O) groups excluding carboxylic acids is 1. The Labute approximate surface area is 123 Å². The number of ether oxygens (including phenoxy) is 1. The molecule has 0 spiro atoms. The van der Waals surface area contributed by atoms with Crippen molar-refractivity contribution in [3.8, 4) is 5.75 Å². The topological polar surface area (TPSA) is 87.7 Å². The first-order valence-electron chi connectivity index (χ1n) is 7.02. The number of amides is 2. The van der Waals surface area contributed by atoms with Gasteiger partial charge in [-0.25, -0.2) is 4.79 Å². The molecule has 1 fully saturated rings. The molecule has 114 valence electrons. The van der Waals surface area contributed by atoms with E-state index < -0.39 is 5.97 Å². The molecule has 2 amide bonds. The van der Waals surface area contributed by atoms with E-state index in [0.29, 0.717) is 18.7 Å². The Kier molecular flexibility index (Phi) is 5.03. The number of carbonyl (C=O) groups is 2. The Morgan fingerprint density at radius 1 is 1.29 bits per heavy atom. The third kappa shape index (κ3) is 4.11. The average Bonchev–Trinajstić information content (AvgIpc) is 2.94. The molecule has 2 rings (SSSR count). The van der Waals surface area contributed by atoms with Gasteiger partial charge in [-0.1, -0.05) is 6.42 Å². The quantitative estimate of drug-likeness (QED) is 0.777. The lowest BCUT2D eigenvalue weighted by Crippen LogP contribution is -2.35. The van der Waals surface area contributed by atoms with Crippen molar-refractivity contribution >= 4 is 17.7 Å². The molecule has 21 heavy (non-hydrogen) atoms. The molecule has 1 aromatic rings. The number of hydrogen-bond donors (Lipinski definition) is 3. The van der Waals surface area contributed by atoms with Crippen LogP contribution in [0, 0.1) is 11.8 Å². The molecule has 0 heterocycles. The Morgan fingerprint density at radius 3 is 2.62 bits per heavy atom. The second-order valence-electron chi connectivity index (χ2n) is 5.20. The summed E-state index contributed by atoms with van der Waals surface area (Å²) in [7, 11) is 1.58. The van der Waals surface area contributed by atoms with Crippen LogP contribution in [0.3, 0.4) is 0 Å². The number of anilines is 1. The lowest BCUT2D eigenvalue weighted by Gasteiger charge is -2.16. The van der Waals surface area contributed by atoms with Crippen LogP contribution in [0.2, 0.25) is 0 Å². The molecule has 0 aliphatic heterocycles. The molecule has 1 saturated carbocycles. The number of rotatable bonds is 5. The molecule has 0 bridgehead atoms. The van der Waals surface area contributed by atoms with Crippen molar-refractivity contribution < 1.29 is 19.4 Å². The van der Waals surface area contributed by atoms with Crippen molar-refractivity contribution in [3.63, 3.8) is 0 Å². The summed E-state index contributed by atoms with van der Waals surface area (Å²) in [5.41, 5.74) is 0.662. The van der Waals surface area contributed by atoms with Gasteiger partial charge in [0.25, 0.3) is 0 Å². The van der Waals surface area contributed by atoms with E-state index in [-0.39, 0.29) is 17.9 Å². The standard InChI is InChI=1S/C15H20N2O4/c1-21-12-7-5-11(6-8-12)17-15(20)16-9-10-3-2-4-13(10)14(18)19/h5-8,10,13H,2-4,9H2,1H3,(H,18,19)(H2,16,17,20). The maximum Gasteiger partial charge on any atom is 0.319 e. The number of aliphatic carboxylic acids is 1. The van der Waals surface area contributed by atoms with Gasteiger partial charge in [0, 0.05) is 12.2 Å². The first-order valence-corrected chi connectivity index (χ1v) is 7.02. The van der Waals surface area contributed by atoms with E-state index in [1.807, 2.05) is 0 Å². The fourth-order valence-corrected chi connectivity index (χ4v) is 2.68. The molecule has 2 atom stereocenters. The molecule has 6 heteroatoms. The summed E-state index contributed by atoms with van der Waals surface area (Å²) < 4.78 is 5.04. The zero-order chi connectivity index (χ0) is 15.2. The Morgan fingerprint density at radius 2 is 2.00 bits per heavy atom. The molecule has 6 nitrogen and oxygen atoms in total. The Hall–Kier alpha value is -2.24. The van der Waals surface area contributed by atoms with Gasteiger partial charge in [0.2, 0.25) is 0 Å². The smallest absolute Gasteiger partial charge is 0.319 e. The van der Waals surface area contributed by atoms with Crippen molar-refractivity contribution in [2.75, 3.05) is 19.0 Å². The highest BCUT2D eigenvalue weighted by Crippen LogP contribution is 2.31. The van der Waals surface area contributed by atoms with Crippen molar-refractivity contribution in [2.24, 2.45) is 11.8 Å². The molecule has 1 aromatic carbocycles. The minimum Gasteiger partial charge on any atom is -0.497 e. The molecular weight excluding hydrogens is 272 g/mol. The number of carboxylic acid groups (broad SMARTS) is 1. The van der Waals surface area contributed by atoms with Crippen LogP contribution in [0.5, 0.6) is 5.75 Å². The lowest BCUT2D eigenvalue weighted by atomic mass is 9.96. The fraction of sp³-hybridized carbons (Fsp3) is 0.467. The van der Waals surface area contributed by atoms with E-state index in [2.05, 4.69) is 10.6 Å². The van der Waals surface area contributed by atoms with E-state index in [4.69, 9.17) is 9.84 Å². The van der Waals surface area contributed by atoms with Crippen LogP contribution in [0.1, 0.15) is 19.3 Å². The molecular formula is C15H20N2O4. The van der Waals surface area contributed by atoms with Crippen LogP contribution in [-0.4, -0.2) is 30.8 Å². The van der Waals surface area contributed by atoms with E-state index in [1.165, 1.54) is 0 Å². The first-order chi connectivity index (χ1) is 10.1. The van der Waals surface area contributed by atoms with Gasteiger partial charge in [-0.3, -0.25) is 4.79 Å². The maximum absolute atomic E-state index is 11.8. The Balaban J connectivity index is 1.80. The van der Waals surface area contributed by atoms with Crippen molar-refractivity contribution in [2.45, 2.75) is 19.3 Å². The predicted octanol–water partition coefficient (Wildman–Crippen LogP) is 2.32. The highest BCUT2D eigenvalue weighted by atomic mass is 16.5. The molecule has 0 aromatic heterocycles. The largest absolute Gasteiger partial charge is 0.497 e. The summed E-state index contributed by atoms with van der Waals surface area (Å²) >= 11 is 0. The fourth-order valence-electron chi connectivity index (χ4n) is 2.68. The lowest BCUT2D eigenvalue weighted by molar-refractivity contribution is -0.142. The van der Waals surface area contributed by atoms with E-state index >= 15 is 0 Å². The second-order valence-corrected chi connectivity index (χ2v) is 5.20. The Bertz CT molecular complexity index is 501. The van der Waals surface area contributed by atoms with Gasteiger partial charge in [0.1, 0.15) is 5.75 Å². The van der Waals surface area contributed by atoms with Crippen LogP contribution in [0.4, 0.5) is 10.5 Å². The molecule has 2 unspecified atom stereocenters. The maximum atomic E-state index is 11.8. The number of nitrogens with one attached hydrogen (secondary N) is 2. The highest BCUT2D eigenvalue weighted by molar-refractivity contribution is 5.89. The van der Waals surface area contributed by atoms with Crippen molar-refractivity contribution in [3.05, 3.63) is 24.3 Å². The minimum absolute atomic E-state index is 0.0177. The number of hydrogen-bond acceptors (Lipinski definition) is 3. The third-order valence-corrected chi connectivity index (χ3v) is 3.85. The van der Waals surface area contributed by atoms with E-state index in [9.17, 15) is 9.59 Å². The van der Waals surface area contributed by atoms with Crippen LogP contribution in [0.25, 0.3) is 0 Å². The van der Waals surface area contributed by atoms with Crippen LogP contribution in [-0.2, 0) is 4.79 Å². The highest BCUT2D eigenvalue weighted by Gasteiger charge is 2.32. The number of methoxy groups -OCH3 is 1. The number of carboxylic acids is 1. The van der Waals surface area contributed by atoms with Crippen LogP contribution >= 0.6 is 0 Å². The van der Waals surface area contributed by atoms with E-state index in [0.717, 1.165) is 18.6 Å². The van der Waals surface area contributed by atoms with Gasteiger partial charge >= 0.3 is 12.0 Å². The van der Waals surface area contributed by atoms with Gasteiger partial charge in [0.05, 0.1) is 13.0 Å². The van der Waals surface area contributed by atoms with Gasteiger partial charge in [-0.15, -0.1) is 0 Å². The molecule has 3 N–H and O–H groups in total. The van der Waals surface area contributed by atoms with E-state index in [1.54, 1.807) is 31.4 Å². The second kappa shape index (κ2) is 6.97. The zero-order valence-electron chi connectivity index (χ0n) is 12.0. The van der Waals surface area contributed by atoms with Gasteiger partial charge in [-0.2, -0.15) is 0 Å². The van der Waals surface area contributed by atoms with Crippen LogP contribution in [0.15, 0.2) is 24.3 Å². The summed E-state index contributed by atoms with van der Waals surface area (Å²) in [5.74, 6) is -0.374. The van der Waals surface area contributed by atoms with Gasteiger partial charge in [0.15, 0.2) is 0 Å². The average molecular weight is 292 g/mol. The van der Waals surface area contributed by atoms with Crippen LogP contribution < -0.4 is 15.4 Å². The van der Waals surface area contributed by atoms with Crippen molar-refractivity contribution in [1.29, 1.82) is 0 Å². The summed E-state index contributed by atoms with van der Waals surface area (Å²) in [6.45, 7) is 0.388. The van der Waals surface area contributed by atoms with Crippen molar-refractivity contribution in [1.82, 2.24) is 5.32 Å². The summed E-state index contributed by atoms with van der Waals surface area (Å²) in [4.78, 5) is 22.9. The minimum atomic E-state index is -0.769. The number of benzene rings is 1. The molecule has 0 saturated heterocycles. The van der Waals surface area contributed by atoms with Gasteiger partial charge in [-0.05, 0) is 43.0 Å². The summed E-state index contributed by atoms with van der Waals surface area (Å²) in [6, 6.07) is 6.68. The molecule has 1 aliphatic carbocycles. The normalized spacial score (nSPS) is 20.8. The first kappa shape index (κ1) is 15.2. The SMILES string of the molecule is COc1ccc(NC(=O)NCC2CCCC2C(=O)O)cc1.